The monoisotopic (exact) mass is 414 g/mol. The van der Waals surface area contributed by atoms with Crippen LogP contribution < -0.4 is 15.8 Å². The maximum absolute atomic E-state index is 6.17. The number of hydrogen-bond donors (Lipinski definition) is 2. The van der Waals surface area contributed by atoms with Crippen LogP contribution in [0.1, 0.15) is 12.8 Å². The maximum Gasteiger partial charge on any atom is 0.247 e. The van der Waals surface area contributed by atoms with Gasteiger partial charge in [-0.05, 0) is 68.4 Å². The van der Waals surface area contributed by atoms with Crippen molar-refractivity contribution in [2.45, 2.75) is 12.8 Å². The van der Waals surface area contributed by atoms with E-state index in [4.69, 9.17) is 10.5 Å². The van der Waals surface area contributed by atoms with E-state index in [0.29, 0.717) is 18.2 Å². The first-order valence-electron chi connectivity index (χ1n) is 10.7. The highest BCUT2D eigenvalue weighted by Crippen LogP contribution is 2.27. The molecule has 0 aliphatic carbocycles. The van der Waals surface area contributed by atoms with E-state index in [1.165, 1.54) is 25.9 Å². The molecule has 1 fully saturated rings. The average molecular weight is 415 g/mol. The number of hydrogen-bond acceptors (Lipinski definition) is 6. The molecular formula is C24H26N6O. The van der Waals surface area contributed by atoms with Gasteiger partial charge in [0.25, 0.3) is 0 Å². The van der Waals surface area contributed by atoms with Crippen LogP contribution in [-0.2, 0) is 0 Å². The number of nitrogens with one attached hydrogen (secondary N) is 1. The Bertz CT molecular complexity index is 1160. The Labute approximate surface area is 181 Å². The van der Waals surface area contributed by atoms with Crippen molar-refractivity contribution in [3.8, 4) is 17.0 Å². The molecule has 3 heterocycles. The lowest BCUT2D eigenvalue weighted by Gasteiger charge is -2.15. The fraction of sp³-hybridized carbons (Fsp3) is 0.250. The van der Waals surface area contributed by atoms with E-state index in [9.17, 15) is 0 Å². The van der Waals surface area contributed by atoms with Crippen LogP contribution in [0, 0.1) is 0 Å². The van der Waals surface area contributed by atoms with Crippen molar-refractivity contribution < 1.29 is 4.74 Å². The second kappa shape index (κ2) is 8.65. The molecule has 31 heavy (non-hydrogen) atoms. The topological polar surface area (TPSA) is 80.7 Å². The molecule has 1 aliphatic heterocycles. The summed E-state index contributed by atoms with van der Waals surface area (Å²) in [6, 6.07) is 21.5. The third-order valence-electron chi connectivity index (χ3n) is 5.58. The van der Waals surface area contributed by atoms with Gasteiger partial charge in [-0.3, -0.25) is 4.90 Å². The molecule has 0 amide bonds. The van der Waals surface area contributed by atoms with Gasteiger partial charge in [-0.1, -0.05) is 24.3 Å². The molecule has 158 valence electrons. The van der Waals surface area contributed by atoms with Gasteiger partial charge in [-0.15, -0.1) is 5.10 Å². The van der Waals surface area contributed by atoms with Crippen molar-refractivity contribution in [2.75, 3.05) is 37.3 Å². The second-order valence-electron chi connectivity index (χ2n) is 7.75. The van der Waals surface area contributed by atoms with Crippen LogP contribution in [-0.4, -0.2) is 45.7 Å². The van der Waals surface area contributed by atoms with Gasteiger partial charge in [0, 0.05) is 23.5 Å². The lowest BCUT2D eigenvalue weighted by molar-refractivity contribution is 0.238. The Morgan fingerprint density at radius 1 is 0.935 bits per heavy atom. The number of para-hydroxylation sites is 1. The molecule has 0 saturated carbocycles. The van der Waals surface area contributed by atoms with E-state index in [-0.39, 0.29) is 0 Å². The minimum atomic E-state index is 0.532. The Morgan fingerprint density at radius 3 is 2.55 bits per heavy atom. The first-order chi connectivity index (χ1) is 15.3. The molecule has 0 bridgehead atoms. The quantitative estimate of drug-likeness (QED) is 0.441. The molecule has 0 unspecified atom stereocenters. The lowest BCUT2D eigenvalue weighted by atomic mass is 10.1. The summed E-state index contributed by atoms with van der Waals surface area (Å²) < 4.78 is 7.69. The van der Waals surface area contributed by atoms with Crippen molar-refractivity contribution in [3.05, 3.63) is 66.7 Å². The second-order valence-corrected chi connectivity index (χ2v) is 7.75. The van der Waals surface area contributed by atoms with E-state index in [1.807, 2.05) is 71.2 Å². The number of anilines is 3. The van der Waals surface area contributed by atoms with Crippen molar-refractivity contribution in [1.29, 1.82) is 0 Å². The van der Waals surface area contributed by atoms with Gasteiger partial charge in [0.15, 0.2) is 5.65 Å². The normalized spacial score (nSPS) is 14.2. The Balaban J connectivity index is 1.28. The number of fused-ring (bicyclic) bond motifs is 1. The molecular weight excluding hydrogens is 388 g/mol. The molecule has 3 N–H and O–H groups in total. The van der Waals surface area contributed by atoms with Crippen molar-refractivity contribution in [1.82, 2.24) is 19.5 Å². The highest BCUT2D eigenvalue weighted by molar-refractivity contribution is 5.75. The fourth-order valence-corrected chi connectivity index (χ4v) is 3.95. The molecule has 1 saturated heterocycles. The molecule has 1 aliphatic rings. The highest BCUT2D eigenvalue weighted by atomic mass is 16.5. The summed E-state index contributed by atoms with van der Waals surface area (Å²) in [5.74, 6) is 1.40. The van der Waals surface area contributed by atoms with Gasteiger partial charge in [0.1, 0.15) is 12.4 Å². The van der Waals surface area contributed by atoms with Crippen LogP contribution in [0.2, 0.25) is 0 Å². The predicted molar refractivity (Wildman–Crippen MR) is 124 cm³/mol. The van der Waals surface area contributed by atoms with E-state index >= 15 is 0 Å². The zero-order valence-electron chi connectivity index (χ0n) is 17.4. The number of rotatable bonds is 7. The number of aromatic nitrogens is 3. The van der Waals surface area contributed by atoms with Crippen molar-refractivity contribution in [3.63, 3.8) is 0 Å². The van der Waals surface area contributed by atoms with Crippen LogP contribution >= 0.6 is 0 Å². The van der Waals surface area contributed by atoms with Gasteiger partial charge in [-0.25, -0.2) is 4.52 Å². The highest BCUT2D eigenvalue weighted by Gasteiger charge is 2.12. The Hall–Kier alpha value is -3.58. The molecule has 2 aromatic carbocycles. The average Bonchev–Trinajstić information content (AvgIpc) is 3.45. The van der Waals surface area contributed by atoms with E-state index in [0.717, 1.165) is 34.9 Å². The van der Waals surface area contributed by atoms with Crippen molar-refractivity contribution >= 4 is 23.0 Å². The Morgan fingerprint density at radius 2 is 1.74 bits per heavy atom. The fourth-order valence-electron chi connectivity index (χ4n) is 3.95. The molecule has 2 aromatic heterocycles. The third-order valence-corrected chi connectivity index (χ3v) is 5.58. The zero-order chi connectivity index (χ0) is 21.0. The molecule has 7 heteroatoms. The summed E-state index contributed by atoms with van der Waals surface area (Å²) in [5, 5.41) is 7.92. The van der Waals surface area contributed by atoms with Gasteiger partial charge < -0.3 is 15.8 Å². The molecule has 0 atom stereocenters. The van der Waals surface area contributed by atoms with Gasteiger partial charge in [0.05, 0.1) is 5.69 Å². The summed E-state index contributed by atoms with van der Waals surface area (Å²) >= 11 is 0. The van der Waals surface area contributed by atoms with Gasteiger partial charge in [-0.2, -0.15) is 4.98 Å². The minimum Gasteiger partial charge on any atom is -0.492 e. The number of likely N-dealkylation sites (tertiary alicyclic amines) is 1. The van der Waals surface area contributed by atoms with Crippen molar-refractivity contribution in [2.24, 2.45) is 0 Å². The first-order valence-corrected chi connectivity index (χ1v) is 10.7. The van der Waals surface area contributed by atoms with Crippen LogP contribution in [0.15, 0.2) is 66.7 Å². The number of pyridine rings is 1. The molecule has 0 spiro atoms. The largest absolute Gasteiger partial charge is 0.492 e. The maximum atomic E-state index is 6.17. The SMILES string of the molecule is Nc1ccccc1-c1cccc2nc(Nc3ccc(OCCN4CCCC4)cc3)nn12. The Kier molecular flexibility index (Phi) is 5.41. The van der Waals surface area contributed by atoms with Crippen LogP contribution in [0.3, 0.4) is 0 Å². The predicted octanol–water partition coefficient (Wildman–Crippen LogP) is 4.20. The van der Waals surface area contributed by atoms with E-state index in [1.54, 1.807) is 0 Å². The van der Waals surface area contributed by atoms with Crippen LogP contribution in [0.25, 0.3) is 16.9 Å². The first kappa shape index (κ1) is 19.4. The molecule has 7 nitrogen and oxygen atoms in total. The summed E-state index contributed by atoms with van der Waals surface area (Å²) in [7, 11) is 0. The number of nitrogens with two attached hydrogens (primary N) is 1. The van der Waals surface area contributed by atoms with Gasteiger partial charge >= 0.3 is 0 Å². The molecule has 4 aromatic rings. The number of benzene rings is 2. The summed E-state index contributed by atoms with van der Waals surface area (Å²) in [6.07, 6.45) is 2.61. The molecule has 5 rings (SSSR count). The lowest BCUT2D eigenvalue weighted by Crippen LogP contribution is -2.25. The third kappa shape index (κ3) is 4.32. The number of nitrogens with zero attached hydrogens (tertiary/aromatic N) is 4. The number of nitrogen functional groups attached to an aromatic ring is 1. The van der Waals surface area contributed by atoms with E-state index < -0.39 is 0 Å². The summed E-state index contributed by atoms with van der Waals surface area (Å²) in [4.78, 5) is 7.05. The smallest absolute Gasteiger partial charge is 0.247 e. The summed E-state index contributed by atoms with van der Waals surface area (Å²) in [5.41, 5.74) is 10.4. The summed E-state index contributed by atoms with van der Waals surface area (Å²) in [6.45, 7) is 4.08. The molecule has 0 radical (unpaired) electrons. The van der Waals surface area contributed by atoms with Crippen LogP contribution in [0.4, 0.5) is 17.3 Å². The van der Waals surface area contributed by atoms with E-state index in [2.05, 4.69) is 20.3 Å². The number of ether oxygens (including phenoxy) is 1. The van der Waals surface area contributed by atoms with Crippen LogP contribution in [0.5, 0.6) is 5.75 Å². The van der Waals surface area contributed by atoms with Gasteiger partial charge in [0.2, 0.25) is 5.95 Å². The zero-order valence-corrected chi connectivity index (χ0v) is 17.4. The standard InChI is InChI=1S/C24H26N6O/c25-21-7-2-1-6-20(21)22-8-5-9-23-27-24(28-30(22)23)26-18-10-12-19(13-11-18)31-17-16-29-14-3-4-15-29/h1-2,5-13H,3-4,14-17,25H2,(H,26,28). The minimum absolute atomic E-state index is 0.532.